The Balaban J connectivity index is 2.20. The first-order valence-corrected chi connectivity index (χ1v) is 5.32. The number of hydrogen-bond donors (Lipinski definition) is 2. The fourth-order valence-electron chi connectivity index (χ4n) is 1.46. The van der Waals surface area contributed by atoms with Gasteiger partial charge in [-0.1, -0.05) is 6.07 Å². The zero-order valence-electron chi connectivity index (χ0n) is 9.63. The third-order valence-corrected chi connectivity index (χ3v) is 2.32. The number of rotatable bonds is 3. The van der Waals surface area contributed by atoms with Gasteiger partial charge in [-0.2, -0.15) is 0 Å². The largest absolute Gasteiger partial charge is 0.477 e. The SMILES string of the molecule is O=C(Nc1cccc(F)c1)c1ccnc(C(=O)O)c1. The average molecular weight is 260 g/mol. The highest BCUT2D eigenvalue weighted by molar-refractivity contribution is 6.05. The first-order valence-electron chi connectivity index (χ1n) is 5.32. The van der Waals surface area contributed by atoms with E-state index in [9.17, 15) is 14.0 Å². The summed E-state index contributed by atoms with van der Waals surface area (Å²) in [5.74, 6) is -2.23. The van der Waals surface area contributed by atoms with Crippen LogP contribution in [0.4, 0.5) is 10.1 Å². The monoisotopic (exact) mass is 260 g/mol. The predicted molar refractivity (Wildman–Crippen MR) is 65.5 cm³/mol. The maximum Gasteiger partial charge on any atom is 0.354 e. The minimum Gasteiger partial charge on any atom is -0.477 e. The van der Waals surface area contributed by atoms with Gasteiger partial charge < -0.3 is 10.4 Å². The lowest BCUT2D eigenvalue weighted by molar-refractivity contribution is 0.0690. The number of nitrogens with zero attached hydrogens (tertiary/aromatic N) is 1. The highest BCUT2D eigenvalue weighted by atomic mass is 19.1. The van der Waals surface area contributed by atoms with Crippen LogP contribution in [0.15, 0.2) is 42.6 Å². The van der Waals surface area contributed by atoms with Crippen LogP contribution >= 0.6 is 0 Å². The van der Waals surface area contributed by atoms with Crippen LogP contribution in [-0.4, -0.2) is 22.0 Å². The highest BCUT2D eigenvalue weighted by Gasteiger charge is 2.11. The summed E-state index contributed by atoms with van der Waals surface area (Å²) in [6, 6.07) is 7.93. The van der Waals surface area contributed by atoms with Crippen LogP contribution in [0.25, 0.3) is 0 Å². The van der Waals surface area contributed by atoms with Crippen molar-refractivity contribution in [3.05, 3.63) is 59.7 Å². The van der Waals surface area contributed by atoms with Crippen molar-refractivity contribution in [3.8, 4) is 0 Å². The van der Waals surface area contributed by atoms with Crippen LogP contribution in [0.2, 0.25) is 0 Å². The minimum atomic E-state index is -1.22. The van der Waals surface area contributed by atoms with E-state index in [1.54, 1.807) is 0 Å². The summed E-state index contributed by atoms with van der Waals surface area (Å²) in [4.78, 5) is 26.2. The number of amides is 1. The zero-order valence-corrected chi connectivity index (χ0v) is 9.63. The molecule has 2 aromatic rings. The molecule has 2 N–H and O–H groups in total. The molecule has 0 fully saturated rings. The smallest absolute Gasteiger partial charge is 0.354 e. The zero-order chi connectivity index (χ0) is 13.8. The fourth-order valence-corrected chi connectivity index (χ4v) is 1.46. The molecule has 1 heterocycles. The van der Waals surface area contributed by atoms with E-state index < -0.39 is 17.7 Å². The van der Waals surface area contributed by atoms with Crippen LogP contribution in [-0.2, 0) is 0 Å². The Morgan fingerprint density at radius 1 is 1.21 bits per heavy atom. The van der Waals surface area contributed by atoms with Gasteiger partial charge in [0.05, 0.1) is 0 Å². The second-order valence-electron chi connectivity index (χ2n) is 3.70. The molecule has 1 aromatic carbocycles. The standard InChI is InChI=1S/C13H9FN2O3/c14-9-2-1-3-10(7-9)16-12(17)8-4-5-15-11(6-8)13(18)19/h1-7H,(H,16,17)(H,18,19). The Morgan fingerprint density at radius 3 is 2.68 bits per heavy atom. The maximum absolute atomic E-state index is 13.0. The topological polar surface area (TPSA) is 79.3 Å². The van der Waals surface area contributed by atoms with E-state index in [4.69, 9.17) is 5.11 Å². The predicted octanol–water partition coefficient (Wildman–Crippen LogP) is 2.17. The van der Waals surface area contributed by atoms with E-state index in [0.717, 1.165) is 12.1 Å². The van der Waals surface area contributed by atoms with Gasteiger partial charge in [0.1, 0.15) is 11.5 Å². The van der Waals surface area contributed by atoms with Gasteiger partial charge in [-0.25, -0.2) is 14.2 Å². The van der Waals surface area contributed by atoms with E-state index in [1.807, 2.05) is 0 Å². The number of carbonyl (C=O) groups excluding carboxylic acids is 1. The van der Waals surface area contributed by atoms with Gasteiger partial charge >= 0.3 is 5.97 Å². The average Bonchev–Trinajstić information content (AvgIpc) is 2.39. The second kappa shape index (κ2) is 5.26. The molecule has 2 rings (SSSR count). The molecule has 0 saturated carbocycles. The number of hydrogen-bond acceptors (Lipinski definition) is 3. The molecule has 0 bridgehead atoms. The summed E-state index contributed by atoms with van der Waals surface area (Å²) >= 11 is 0. The summed E-state index contributed by atoms with van der Waals surface area (Å²) in [6.45, 7) is 0. The number of carboxylic acid groups (broad SMARTS) is 1. The number of carboxylic acids is 1. The van der Waals surface area contributed by atoms with Crippen molar-refractivity contribution in [2.75, 3.05) is 5.32 Å². The van der Waals surface area contributed by atoms with Gasteiger partial charge in [0.15, 0.2) is 0 Å². The highest BCUT2D eigenvalue weighted by Crippen LogP contribution is 2.11. The molecule has 0 aliphatic rings. The van der Waals surface area contributed by atoms with Gasteiger partial charge in [-0.05, 0) is 30.3 Å². The van der Waals surface area contributed by atoms with Crippen molar-refractivity contribution < 1.29 is 19.1 Å². The van der Waals surface area contributed by atoms with E-state index in [-0.39, 0.29) is 11.3 Å². The molecule has 1 aromatic heterocycles. The van der Waals surface area contributed by atoms with Crippen LogP contribution in [0.1, 0.15) is 20.8 Å². The van der Waals surface area contributed by atoms with E-state index >= 15 is 0 Å². The van der Waals surface area contributed by atoms with Crippen molar-refractivity contribution in [2.45, 2.75) is 0 Å². The van der Waals surface area contributed by atoms with Crippen molar-refractivity contribution in [3.63, 3.8) is 0 Å². The summed E-state index contributed by atoms with van der Waals surface area (Å²) in [5, 5.41) is 11.2. The number of halogens is 1. The lowest BCUT2D eigenvalue weighted by Gasteiger charge is -2.05. The summed E-state index contributed by atoms with van der Waals surface area (Å²) < 4.78 is 13.0. The Bertz CT molecular complexity index is 643. The fraction of sp³-hybridized carbons (Fsp3) is 0. The lowest BCUT2D eigenvalue weighted by atomic mass is 10.2. The Labute approximate surface area is 107 Å². The molecule has 6 heteroatoms. The molecular formula is C13H9FN2O3. The lowest BCUT2D eigenvalue weighted by Crippen LogP contribution is -2.13. The Morgan fingerprint density at radius 2 is 2.00 bits per heavy atom. The molecule has 0 aliphatic carbocycles. The summed E-state index contributed by atoms with van der Waals surface area (Å²) in [5.41, 5.74) is 0.197. The van der Waals surface area contributed by atoms with Crippen molar-refractivity contribution in [1.29, 1.82) is 0 Å². The van der Waals surface area contributed by atoms with Gasteiger partial charge in [0.2, 0.25) is 0 Å². The number of pyridine rings is 1. The van der Waals surface area contributed by atoms with Crippen molar-refractivity contribution >= 4 is 17.6 Å². The number of nitrogens with one attached hydrogen (secondary N) is 1. The van der Waals surface area contributed by atoms with Crippen LogP contribution in [0.3, 0.4) is 0 Å². The van der Waals surface area contributed by atoms with Crippen molar-refractivity contribution in [1.82, 2.24) is 4.98 Å². The van der Waals surface area contributed by atoms with Gasteiger partial charge in [0.25, 0.3) is 5.91 Å². The second-order valence-corrected chi connectivity index (χ2v) is 3.70. The number of anilines is 1. The molecule has 0 saturated heterocycles. The third kappa shape index (κ3) is 3.12. The van der Waals surface area contributed by atoms with E-state index in [0.29, 0.717) is 5.69 Å². The molecule has 0 aliphatic heterocycles. The maximum atomic E-state index is 13.0. The minimum absolute atomic E-state index is 0.136. The van der Waals surface area contributed by atoms with Gasteiger partial charge in [-0.15, -0.1) is 0 Å². The normalized spacial score (nSPS) is 9.95. The number of carbonyl (C=O) groups is 2. The number of aromatic nitrogens is 1. The first kappa shape index (κ1) is 12.7. The van der Waals surface area contributed by atoms with Crippen LogP contribution in [0, 0.1) is 5.82 Å². The molecule has 0 atom stereocenters. The summed E-state index contributed by atoms with van der Waals surface area (Å²) in [7, 11) is 0. The molecule has 0 radical (unpaired) electrons. The number of aromatic carboxylic acids is 1. The quantitative estimate of drug-likeness (QED) is 0.886. The van der Waals surface area contributed by atoms with Gasteiger partial charge in [-0.3, -0.25) is 4.79 Å². The summed E-state index contributed by atoms with van der Waals surface area (Å²) in [6.07, 6.45) is 1.23. The third-order valence-electron chi connectivity index (χ3n) is 2.32. The molecule has 0 unspecified atom stereocenters. The molecule has 1 amide bonds. The van der Waals surface area contributed by atoms with Crippen LogP contribution in [0.5, 0.6) is 0 Å². The van der Waals surface area contributed by atoms with Gasteiger partial charge in [0, 0.05) is 17.4 Å². The molecule has 19 heavy (non-hydrogen) atoms. The molecule has 96 valence electrons. The molecular weight excluding hydrogens is 251 g/mol. The van der Waals surface area contributed by atoms with Crippen molar-refractivity contribution in [2.24, 2.45) is 0 Å². The van der Waals surface area contributed by atoms with Crippen LogP contribution < -0.4 is 5.32 Å². The first-order chi connectivity index (χ1) is 9.06. The van der Waals surface area contributed by atoms with E-state index in [2.05, 4.69) is 10.3 Å². The molecule has 5 nitrogen and oxygen atoms in total. The number of benzene rings is 1. The Hall–Kier alpha value is -2.76. The van der Waals surface area contributed by atoms with E-state index in [1.165, 1.54) is 30.5 Å². The molecule has 0 spiro atoms. The Kier molecular flexibility index (Phi) is 3.51.